The Kier molecular flexibility index (Phi) is 3.95. The molecule has 0 unspecified atom stereocenters. The number of rotatable bonds is 2. The Bertz CT molecular complexity index is 796. The highest BCUT2D eigenvalue weighted by Crippen LogP contribution is 2.41. The summed E-state index contributed by atoms with van der Waals surface area (Å²) in [4.78, 5) is 24.6. The Labute approximate surface area is 124 Å². The molecule has 112 valence electrons. The van der Waals surface area contributed by atoms with Gasteiger partial charge in [0.15, 0.2) is 0 Å². The normalized spacial score (nSPS) is 11.5. The topological polar surface area (TPSA) is 64.1 Å². The Morgan fingerprint density at radius 1 is 1.29 bits per heavy atom. The predicted molar refractivity (Wildman–Crippen MR) is 71.9 cm³/mol. The summed E-state index contributed by atoms with van der Waals surface area (Å²) in [5.41, 5.74) is -2.57. The summed E-state index contributed by atoms with van der Waals surface area (Å²) in [5.74, 6) is -0.385. The third kappa shape index (κ3) is 3.02. The van der Waals surface area contributed by atoms with Crippen molar-refractivity contribution in [1.82, 2.24) is 9.55 Å². The van der Waals surface area contributed by atoms with E-state index in [2.05, 4.69) is 15.9 Å². The van der Waals surface area contributed by atoms with Crippen LogP contribution in [0.4, 0.5) is 13.2 Å². The van der Waals surface area contributed by atoms with E-state index < -0.39 is 23.0 Å². The number of hydrogen-bond donors (Lipinski definition) is 1. The molecule has 1 aromatic carbocycles. The first-order chi connectivity index (χ1) is 9.74. The molecule has 0 aliphatic carbocycles. The second kappa shape index (κ2) is 5.40. The lowest BCUT2D eigenvalue weighted by Gasteiger charge is -2.16. The molecule has 0 spiro atoms. The van der Waals surface area contributed by atoms with Crippen LogP contribution in [-0.2, 0) is 6.18 Å². The van der Waals surface area contributed by atoms with Crippen LogP contribution in [0.1, 0.15) is 5.56 Å². The average Bonchev–Trinajstić information content (AvgIpc) is 2.36. The summed E-state index contributed by atoms with van der Waals surface area (Å²) >= 11 is 2.97. The van der Waals surface area contributed by atoms with Crippen LogP contribution >= 0.6 is 15.9 Å². The number of methoxy groups -OCH3 is 1. The number of nitrogens with one attached hydrogen (secondary N) is 1. The first-order valence-corrected chi connectivity index (χ1v) is 6.30. The van der Waals surface area contributed by atoms with Gasteiger partial charge in [-0.25, -0.2) is 4.79 Å². The molecule has 5 nitrogen and oxygen atoms in total. The zero-order valence-electron chi connectivity index (χ0n) is 10.5. The predicted octanol–water partition coefficient (Wildman–Crippen LogP) is 2.32. The molecule has 1 N–H and O–H groups in total. The SMILES string of the molecule is COc1c(Br)cc(-n2ccc(=O)[nH]c2=O)cc1C(F)(F)F. The molecule has 0 amide bonds. The van der Waals surface area contributed by atoms with Crippen LogP contribution in [0, 0.1) is 0 Å². The first-order valence-electron chi connectivity index (χ1n) is 5.51. The number of alkyl halides is 3. The van der Waals surface area contributed by atoms with Gasteiger partial charge in [-0.3, -0.25) is 14.3 Å². The second-order valence-electron chi connectivity index (χ2n) is 3.99. The lowest BCUT2D eigenvalue weighted by molar-refractivity contribution is -0.138. The standard InChI is InChI=1S/C12H8BrF3N2O3/c1-21-10-7(12(14,15)16)4-6(5-8(10)13)18-3-2-9(19)17-11(18)20/h2-5H,1H3,(H,17,19,20). The summed E-state index contributed by atoms with van der Waals surface area (Å²) < 4.78 is 44.7. The first kappa shape index (κ1) is 15.4. The van der Waals surface area contributed by atoms with Crippen molar-refractivity contribution in [3.05, 3.63) is 55.3 Å². The fourth-order valence-electron chi connectivity index (χ4n) is 1.76. The number of aromatic nitrogens is 2. The number of H-pyrrole nitrogens is 1. The van der Waals surface area contributed by atoms with Gasteiger partial charge in [-0.2, -0.15) is 13.2 Å². The van der Waals surface area contributed by atoms with Gasteiger partial charge in [-0.15, -0.1) is 0 Å². The van der Waals surface area contributed by atoms with Crippen LogP contribution in [0.15, 0.2) is 38.5 Å². The molecule has 9 heteroatoms. The number of nitrogens with zero attached hydrogens (tertiary/aromatic N) is 1. The molecule has 21 heavy (non-hydrogen) atoms. The third-order valence-corrected chi connectivity index (χ3v) is 3.23. The van der Waals surface area contributed by atoms with Crippen LogP contribution < -0.4 is 16.0 Å². The molecule has 1 aromatic heterocycles. The maximum absolute atomic E-state index is 13.0. The van der Waals surface area contributed by atoms with Gasteiger partial charge in [0.05, 0.1) is 17.3 Å². The molecule has 0 saturated heterocycles. The Hall–Kier alpha value is -2.03. The van der Waals surface area contributed by atoms with E-state index in [9.17, 15) is 22.8 Å². The second-order valence-corrected chi connectivity index (χ2v) is 4.84. The van der Waals surface area contributed by atoms with Gasteiger partial charge in [0.1, 0.15) is 11.3 Å². The minimum absolute atomic E-state index is 0.0351. The van der Waals surface area contributed by atoms with Gasteiger partial charge in [-0.05, 0) is 28.1 Å². The van der Waals surface area contributed by atoms with Crippen molar-refractivity contribution in [2.75, 3.05) is 7.11 Å². The molecule has 0 fully saturated rings. The maximum atomic E-state index is 13.0. The van der Waals surface area contributed by atoms with E-state index >= 15 is 0 Å². The van der Waals surface area contributed by atoms with E-state index in [1.165, 1.54) is 6.07 Å². The Balaban J connectivity index is 2.75. The van der Waals surface area contributed by atoms with Crippen molar-refractivity contribution in [2.24, 2.45) is 0 Å². The molecule has 2 aromatic rings. The lowest BCUT2D eigenvalue weighted by atomic mass is 10.1. The van der Waals surface area contributed by atoms with Crippen LogP contribution in [0.2, 0.25) is 0 Å². The average molecular weight is 365 g/mol. The van der Waals surface area contributed by atoms with Crippen LogP contribution in [0.3, 0.4) is 0 Å². The number of halogens is 4. The van der Waals surface area contributed by atoms with E-state index in [1.54, 1.807) is 0 Å². The maximum Gasteiger partial charge on any atom is 0.420 e. The van der Waals surface area contributed by atoms with Crippen molar-refractivity contribution >= 4 is 15.9 Å². The fourth-order valence-corrected chi connectivity index (χ4v) is 2.37. The van der Waals surface area contributed by atoms with Crippen molar-refractivity contribution < 1.29 is 17.9 Å². The third-order valence-electron chi connectivity index (χ3n) is 2.64. The van der Waals surface area contributed by atoms with Gasteiger partial charge in [-0.1, -0.05) is 0 Å². The summed E-state index contributed by atoms with van der Waals surface area (Å²) in [6.07, 6.45) is -3.56. The van der Waals surface area contributed by atoms with Crippen molar-refractivity contribution in [3.8, 4) is 11.4 Å². The Morgan fingerprint density at radius 2 is 1.95 bits per heavy atom. The summed E-state index contributed by atoms with van der Waals surface area (Å²) in [7, 11) is 1.11. The van der Waals surface area contributed by atoms with Gasteiger partial charge >= 0.3 is 11.9 Å². The fraction of sp³-hybridized carbons (Fsp3) is 0.167. The number of hydrogen-bond acceptors (Lipinski definition) is 3. The zero-order valence-corrected chi connectivity index (χ0v) is 12.1. The van der Waals surface area contributed by atoms with Gasteiger partial charge in [0.25, 0.3) is 5.56 Å². The van der Waals surface area contributed by atoms with Crippen molar-refractivity contribution in [2.45, 2.75) is 6.18 Å². The molecule has 0 aliphatic rings. The highest BCUT2D eigenvalue weighted by molar-refractivity contribution is 9.10. The van der Waals surface area contributed by atoms with Gasteiger partial charge in [0, 0.05) is 12.3 Å². The number of benzene rings is 1. The lowest BCUT2D eigenvalue weighted by Crippen LogP contribution is -2.27. The quantitative estimate of drug-likeness (QED) is 0.889. The minimum atomic E-state index is -4.66. The molecule has 0 saturated carbocycles. The van der Waals surface area contributed by atoms with E-state index in [1.807, 2.05) is 4.98 Å². The van der Waals surface area contributed by atoms with Gasteiger partial charge < -0.3 is 4.74 Å². The Morgan fingerprint density at radius 3 is 2.48 bits per heavy atom. The molecule has 0 aliphatic heterocycles. The molecule has 2 rings (SSSR count). The van der Waals surface area contributed by atoms with E-state index in [4.69, 9.17) is 4.74 Å². The molecule has 0 atom stereocenters. The van der Waals surface area contributed by atoms with E-state index in [0.717, 1.165) is 30.0 Å². The zero-order chi connectivity index (χ0) is 15.8. The molecular weight excluding hydrogens is 357 g/mol. The highest BCUT2D eigenvalue weighted by Gasteiger charge is 2.36. The minimum Gasteiger partial charge on any atom is -0.495 e. The smallest absolute Gasteiger partial charge is 0.420 e. The summed E-state index contributed by atoms with van der Waals surface area (Å²) in [5, 5.41) is 0. The number of ether oxygens (including phenoxy) is 1. The van der Waals surface area contributed by atoms with Crippen molar-refractivity contribution in [1.29, 1.82) is 0 Å². The molecule has 1 heterocycles. The molecular formula is C12H8BrF3N2O3. The van der Waals surface area contributed by atoms with Crippen LogP contribution in [0.25, 0.3) is 5.69 Å². The highest BCUT2D eigenvalue weighted by atomic mass is 79.9. The van der Waals surface area contributed by atoms with Crippen LogP contribution in [0.5, 0.6) is 5.75 Å². The van der Waals surface area contributed by atoms with Gasteiger partial charge in [0.2, 0.25) is 0 Å². The monoisotopic (exact) mass is 364 g/mol. The number of aromatic amines is 1. The van der Waals surface area contributed by atoms with E-state index in [-0.39, 0.29) is 15.9 Å². The summed E-state index contributed by atoms with van der Waals surface area (Å²) in [6, 6.07) is 3.09. The molecule has 0 radical (unpaired) electrons. The van der Waals surface area contributed by atoms with Crippen LogP contribution in [-0.4, -0.2) is 16.7 Å². The van der Waals surface area contributed by atoms with E-state index in [0.29, 0.717) is 0 Å². The summed E-state index contributed by atoms with van der Waals surface area (Å²) in [6.45, 7) is 0. The largest absolute Gasteiger partial charge is 0.495 e. The van der Waals surface area contributed by atoms with Crippen molar-refractivity contribution in [3.63, 3.8) is 0 Å². The molecule has 0 bridgehead atoms.